The summed E-state index contributed by atoms with van der Waals surface area (Å²) in [4.78, 5) is 21.7. The first-order valence-corrected chi connectivity index (χ1v) is 13.4. The van der Waals surface area contributed by atoms with Crippen LogP contribution in [0.2, 0.25) is 0 Å². The molecule has 0 atom stereocenters. The first-order valence-electron chi connectivity index (χ1n) is 13.4. The molecule has 0 N–H and O–H groups in total. The van der Waals surface area contributed by atoms with E-state index < -0.39 is 11.9 Å². The molecule has 3 aromatic heterocycles. The molecule has 4 rings (SSSR count). The minimum Gasteiger partial charge on any atom is -0.381 e. The summed E-state index contributed by atoms with van der Waals surface area (Å²) < 4.78 is 49.8. The van der Waals surface area contributed by atoms with Crippen molar-refractivity contribution in [2.24, 2.45) is 0 Å². The zero-order valence-electron chi connectivity index (χ0n) is 22.6. The molecule has 0 aliphatic heterocycles. The molecule has 7 nitrogen and oxygen atoms in total. The summed E-state index contributed by atoms with van der Waals surface area (Å²) in [7, 11) is 0. The van der Waals surface area contributed by atoms with Gasteiger partial charge in [-0.1, -0.05) is 39.0 Å². The van der Waals surface area contributed by atoms with Crippen LogP contribution in [-0.2, 0) is 30.3 Å². The number of aryl methyl sites for hydroxylation is 2. The lowest BCUT2D eigenvalue weighted by atomic mass is 9.95. The Hall–Kier alpha value is -3.53. The minimum absolute atomic E-state index is 0.0168. The minimum atomic E-state index is -4.59. The van der Waals surface area contributed by atoms with E-state index in [0.29, 0.717) is 68.9 Å². The Balaban J connectivity index is 1.59. The Morgan fingerprint density at radius 2 is 1.90 bits per heavy atom. The second-order valence-corrected chi connectivity index (χ2v) is 9.52. The highest BCUT2D eigenvalue weighted by Gasteiger charge is 2.38. The first kappa shape index (κ1) is 28.5. The third kappa shape index (κ3) is 6.55. The van der Waals surface area contributed by atoms with Crippen molar-refractivity contribution >= 4 is 11.4 Å². The predicted octanol–water partition coefficient (Wildman–Crippen LogP) is 6.56. The molecule has 1 aromatic carbocycles. The number of benzene rings is 1. The topological polar surface area (TPSA) is 74.3 Å². The number of nitrogens with zero attached hydrogens (tertiary/aromatic N) is 5. The van der Waals surface area contributed by atoms with Crippen LogP contribution in [0.5, 0.6) is 0 Å². The molecule has 4 aromatic rings. The zero-order valence-corrected chi connectivity index (χ0v) is 22.6. The number of hydrogen-bond donors (Lipinski definition) is 0. The second-order valence-electron chi connectivity index (χ2n) is 9.52. The van der Waals surface area contributed by atoms with E-state index in [4.69, 9.17) is 4.74 Å². The maximum absolute atomic E-state index is 13.8. The van der Waals surface area contributed by atoms with Crippen LogP contribution in [0.15, 0.2) is 43.0 Å². The van der Waals surface area contributed by atoms with E-state index in [-0.39, 0.29) is 11.3 Å². The van der Waals surface area contributed by atoms with Gasteiger partial charge in [-0.3, -0.25) is 18.9 Å². The molecule has 0 radical (unpaired) electrons. The molecule has 0 bridgehead atoms. The van der Waals surface area contributed by atoms with Gasteiger partial charge < -0.3 is 4.74 Å². The molecule has 3 heterocycles. The van der Waals surface area contributed by atoms with Crippen LogP contribution in [0.4, 0.5) is 13.2 Å². The number of carbonyl (C=O) groups excluding carboxylic acids is 1. The molecule has 0 amide bonds. The molecule has 39 heavy (non-hydrogen) atoms. The Bertz CT molecular complexity index is 1420. The van der Waals surface area contributed by atoms with Gasteiger partial charge in [-0.15, -0.1) is 0 Å². The molecule has 0 aliphatic rings. The fourth-order valence-corrected chi connectivity index (χ4v) is 4.69. The first-order chi connectivity index (χ1) is 18.8. The highest BCUT2D eigenvalue weighted by Crippen LogP contribution is 2.36. The summed E-state index contributed by atoms with van der Waals surface area (Å²) in [5.41, 5.74) is 3.10. The number of hydrogen-bond acceptors (Lipinski definition) is 5. The summed E-state index contributed by atoms with van der Waals surface area (Å²) in [5.74, 6) is 0.0979. The van der Waals surface area contributed by atoms with E-state index in [9.17, 15) is 18.0 Å². The van der Waals surface area contributed by atoms with Gasteiger partial charge in [0.15, 0.2) is 17.1 Å². The number of halogens is 3. The third-order valence-electron chi connectivity index (χ3n) is 6.52. The van der Waals surface area contributed by atoms with Crippen LogP contribution < -0.4 is 0 Å². The summed E-state index contributed by atoms with van der Waals surface area (Å²) >= 11 is 0. The Morgan fingerprint density at radius 3 is 2.62 bits per heavy atom. The molecule has 0 aliphatic carbocycles. The number of rotatable bonds is 13. The van der Waals surface area contributed by atoms with Crippen molar-refractivity contribution in [3.63, 3.8) is 0 Å². The Morgan fingerprint density at radius 1 is 1.08 bits per heavy atom. The van der Waals surface area contributed by atoms with Crippen molar-refractivity contribution in [1.82, 2.24) is 24.1 Å². The number of aromatic nitrogens is 5. The van der Waals surface area contributed by atoms with Crippen LogP contribution in [0, 0.1) is 0 Å². The average molecular weight is 542 g/mol. The molecule has 0 spiro atoms. The molecule has 10 heteroatoms. The van der Waals surface area contributed by atoms with Crippen LogP contribution in [-0.4, -0.2) is 43.1 Å². The van der Waals surface area contributed by atoms with Gasteiger partial charge in [0.2, 0.25) is 0 Å². The fourth-order valence-electron chi connectivity index (χ4n) is 4.69. The molecular formula is C29H34F3N5O2. The largest absolute Gasteiger partial charge is 0.435 e. The van der Waals surface area contributed by atoms with E-state index in [1.807, 2.05) is 39.0 Å². The number of ether oxygens (including phenoxy) is 1. The standard InChI is InChI=1S/C29H34F3N5O2/c1-4-12-36-19-23(27(35-36)29(30,31)32)25-18-34-28-24(33-11-13-37(25)28)17-20-9-10-22(21(6-3)16-20)26(38)8-7-15-39-14-5-2/h9-11,13,16,18-19H,4-8,12,14-15,17H2,1-3H3. The summed E-state index contributed by atoms with van der Waals surface area (Å²) in [6, 6.07) is 5.77. The van der Waals surface area contributed by atoms with Gasteiger partial charge in [0.25, 0.3) is 0 Å². The lowest BCUT2D eigenvalue weighted by molar-refractivity contribution is -0.141. The number of imidazole rings is 1. The predicted molar refractivity (Wildman–Crippen MR) is 143 cm³/mol. The number of alkyl halides is 3. The molecule has 0 unspecified atom stereocenters. The van der Waals surface area contributed by atoms with Crippen molar-refractivity contribution in [3.8, 4) is 11.3 Å². The van der Waals surface area contributed by atoms with Crippen LogP contribution in [0.1, 0.15) is 79.3 Å². The van der Waals surface area contributed by atoms with Gasteiger partial charge in [0.05, 0.1) is 23.1 Å². The SMILES string of the molecule is CCCOCCCC(=O)c1ccc(Cc2nccn3c(-c4cn(CCC)nc4C(F)(F)F)cnc23)cc1CC. The smallest absolute Gasteiger partial charge is 0.381 e. The van der Waals surface area contributed by atoms with Crippen molar-refractivity contribution < 1.29 is 22.7 Å². The van der Waals surface area contributed by atoms with Crippen molar-refractivity contribution in [3.05, 3.63) is 71.1 Å². The molecule has 208 valence electrons. The number of carbonyl (C=O) groups is 1. The third-order valence-corrected chi connectivity index (χ3v) is 6.52. The highest BCUT2D eigenvalue weighted by molar-refractivity contribution is 5.97. The van der Waals surface area contributed by atoms with Crippen LogP contribution >= 0.6 is 0 Å². The number of ketones is 1. The van der Waals surface area contributed by atoms with Crippen LogP contribution in [0.25, 0.3) is 16.9 Å². The van der Waals surface area contributed by atoms with Crippen LogP contribution in [0.3, 0.4) is 0 Å². The number of Topliss-reactive ketones (excluding diaryl/α,β-unsaturated/α-hetero) is 1. The van der Waals surface area contributed by atoms with Gasteiger partial charge in [0, 0.05) is 56.8 Å². The van der Waals surface area contributed by atoms with E-state index in [1.54, 1.807) is 16.8 Å². The Labute approximate surface area is 226 Å². The maximum Gasteiger partial charge on any atom is 0.435 e. The fraction of sp³-hybridized carbons (Fsp3) is 0.448. The normalized spacial score (nSPS) is 11.9. The molecule has 0 fully saturated rings. The quantitative estimate of drug-likeness (QED) is 0.142. The monoisotopic (exact) mass is 541 g/mol. The summed E-state index contributed by atoms with van der Waals surface area (Å²) in [6.07, 6.45) is 5.32. The summed E-state index contributed by atoms with van der Waals surface area (Å²) in [6.45, 7) is 7.61. The van der Waals surface area contributed by atoms with Crippen molar-refractivity contribution in [1.29, 1.82) is 0 Å². The van der Waals surface area contributed by atoms with Gasteiger partial charge in [-0.25, -0.2) is 4.98 Å². The van der Waals surface area contributed by atoms with Gasteiger partial charge in [0.1, 0.15) is 0 Å². The van der Waals surface area contributed by atoms with Gasteiger partial charge in [-0.05, 0) is 36.8 Å². The molecular weight excluding hydrogens is 507 g/mol. The van der Waals surface area contributed by atoms with Gasteiger partial charge in [-0.2, -0.15) is 18.3 Å². The average Bonchev–Trinajstić information content (AvgIpc) is 3.53. The molecule has 0 saturated heterocycles. The van der Waals surface area contributed by atoms with E-state index >= 15 is 0 Å². The Kier molecular flexibility index (Phi) is 9.16. The van der Waals surface area contributed by atoms with Crippen molar-refractivity contribution in [2.45, 2.75) is 72.0 Å². The lowest BCUT2D eigenvalue weighted by Crippen LogP contribution is -2.09. The molecule has 0 saturated carbocycles. The highest BCUT2D eigenvalue weighted by atomic mass is 19.4. The van der Waals surface area contributed by atoms with E-state index in [1.165, 1.54) is 17.1 Å². The maximum atomic E-state index is 13.8. The van der Waals surface area contributed by atoms with Crippen molar-refractivity contribution in [2.75, 3.05) is 13.2 Å². The lowest BCUT2D eigenvalue weighted by Gasteiger charge is -2.11. The number of fused-ring (bicyclic) bond motifs is 1. The van der Waals surface area contributed by atoms with E-state index in [0.717, 1.165) is 23.1 Å². The summed E-state index contributed by atoms with van der Waals surface area (Å²) in [5, 5.41) is 3.80. The van der Waals surface area contributed by atoms with E-state index in [2.05, 4.69) is 15.1 Å². The zero-order chi connectivity index (χ0) is 28.0. The second kappa shape index (κ2) is 12.5. The van der Waals surface area contributed by atoms with Gasteiger partial charge >= 0.3 is 6.18 Å².